The Morgan fingerprint density at radius 2 is 1.77 bits per heavy atom. The van der Waals surface area contributed by atoms with Crippen molar-refractivity contribution in [3.05, 3.63) is 87.5 Å². The molecule has 0 saturated carbocycles. The maximum atomic E-state index is 12.2. The van der Waals surface area contributed by atoms with Gasteiger partial charge in [-0.2, -0.15) is 0 Å². The number of aryl methyl sites for hydroxylation is 1. The largest absolute Gasteiger partial charge is 0.289 e. The average Bonchev–Trinajstić information content (AvgIpc) is 2.89. The van der Waals surface area contributed by atoms with Crippen molar-refractivity contribution >= 4 is 34.6 Å². The van der Waals surface area contributed by atoms with E-state index < -0.39 is 0 Å². The SMILES string of the molecule is Cc1cc(Cl)ccc1C1=C2C(=Cc3ccccc32)C(=O)C=C1. The molecule has 2 aliphatic rings. The highest BCUT2D eigenvalue weighted by Gasteiger charge is 2.28. The van der Waals surface area contributed by atoms with Crippen molar-refractivity contribution in [2.24, 2.45) is 0 Å². The van der Waals surface area contributed by atoms with Gasteiger partial charge in [-0.05, 0) is 65.1 Å². The van der Waals surface area contributed by atoms with Crippen LogP contribution in [0.4, 0.5) is 0 Å². The summed E-state index contributed by atoms with van der Waals surface area (Å²) in [5.41, 5.74) is 7.36. The predicted molar refractivity (Wildman–Crippen MR) is 91.6 cm³/mol. The van der Waals surface area contributed by atoms with E-state index in [9.17, 15) is 4.79 Å². The molecule has 22 heavy (non-hydrogen) atoms. The number of rotatable bonds is 1. The van der Waals surface area contributed by atoms with Crippen molar-refractivity contribution in [2.75, 3.05) is 0 Å². The van der Waals surface area contributed by atoms with Gasteiger partial charge in [0.2, 0.25) is 0 Å². The number of carbonyl (C=O) groups is 1. The molecule has 0 N–H and O–H groups in total. The maximum Gasteiger partial charge on any atom is 0.186 e. The van der Waals surface area contributed by atoms with Crippen LogP contribution in [0.3, 0.4) is 0 Å². The molecule has 0 unspecified atom stereocenters. The van der Waals surface area contributed by atoms with E-state index in [1.807, 2.05) is 55.5 Å². The first-order valence-electron chi connectivity index (χ1n) is 7.20. The molecular weight excluding hydrogens is 292 g/mol. The van der Waals surface area contributed by atoms with Gasteiger partial charge in [0.05, 0.1) is 0 Å². The first-order valence-corrected chi connectivity index (χ1v) is 7.57. The minimum atomic E-state index is 0.0709. The van der Waals surface area contributed by atoms with Gasteiger partial charge in [0.25, 0.3) is 0 Å². The fourth-order valence-corrected chi connectivity index (χ4v) is 3.42. The monoisotopic (exact) mass is 304 g/mol. The van der Waals surface area contributed by atoms with Crippen LogP contribution in [0.15, 0.2) is 60.2 Å². The van der Waals surface area contributed by atoms with Gasteiger partial charge in [0, 0.05) is 16.2 Å². The molecule has 2 heteroatoms. The second-order valence-electron chi connectivity index (χ2n) is 5.59. The van der Waals surface area contributed by atoms with E-state index in [1.54, 1.807) is 6.08 Å². The van der Waals surface area contributed by atoms with E-state index in [-0.39, 0.29) is 5.78 Å². The van der Waals surface area contributed by atoms with E-state index in [0.29, 0.717) is 0 Å². The third-order valence-corrected chi connectivity index (χ3v) is 4.45. The molecule has 0 amide bonds. The number of benzene rings is 2. The zero-order valence-electron chi connectivity index (χ0n) is 12.1. The number of carbonyl (C=O) groups excluding carboxylic acids is 1. The molecule has 0 heterocycles. The fraction of sp³-hybridized carbons (Fsp3) is 0.0500. The van der Waals surface area contributed by atoms with E-state index >= 15 is 0 Å². The molecule has 0 spiro atoms. The summed E-state index contributed by atoms with van der Waals surface area (Å²) in [5.74, 6) is 0.0709. The van der Waals surface area contributed by atoms with Gasteiger partial charge in [-0.3, -0.25) is 4.79 Å². The van der Waals surface area contributed by atoms with Crippen molar-refractivity contribution in [1.82, 2.24) is 0 Å². The Balaban J connectivity index is 2.03. The van der Waals surface area contributed by atoms with Crippen molar-refractivity contribution < 1.29 is 4.79 Å². The summed E-state index contributed by atoms with van der Waals surface area (Å²) in [4.78, 5) is 12.2. The molecule has 0 aliphatic heterocycles. The molecule has 0 fully saturated rings. The second kappa shape index (κ2) is 4.82. The second-order valence-corrected chi connectivity index (χ2v) is 6.03. The Hall–Kier alpha value is -2.38. The van der Waals surface area contributed by atoms with E-state index in [0.717, 1.165) is 44.0 Å². The van der Waals surface area contributed by atoms with Crippen LogP contribution in [0.25, 0.3) is 17.2 Å². The number of fused-ring (bicyclic) bond motifs is 3. The zero-order valence-corrected chi connectivity index (χ0v) is 12.8. The highest BCUT2D eigenvalue weighted by molar-refractivity contribution is 6.31. The first kappa shape index (κ1) is 13.3. The Morgan fingerprint density at radius 3 is 2.59 bits per heavy atom. The molecule has 0 bridgehead atoms. The van der Waals surface area contributed by atoms with Crippen LogP contribution in [-0.4, -0.2) is 5.78 Å². The molecular formula is C20H13ClO. The Bertz CT molecular complexity index is 913. The number of allylic oxidation sites excluding steroid dienone is 5. The lowest BCUT2D eigenvalue weighted by Gasteiger charge is -2.17. The predicted octanol–water partition coefficient (Wildman–Crippen LogP) is 5.10. The summed E-state index contributed by atoms with van der Waals surface area (Å²) in [6.45, 7) is 2.04. The highest BCUT2D eigenvalue weighted by atomic mass is 35.5. The standard InChI is InChI=1S/C20H13ClO/c1-12-10-14(21)6-7-15(12)17-8-9-19(22)18-11-13-4-2-3-5-16(13)20(17)18/h2-11H,1H3. The molecule has 2 aliphatic carbocycles. The van der Waals surface area contributed by atoms with Crippen molar-refractivity contribution in [3.63, 3.8) is 0 Å². The summed E-state index contributed by atoms with van der Waals surface area (Å²) in [6.07, 6.45) is 5.57. The molecule has 1 nitrogen and oxygen atoms in total. The summed E-state index contributed by atoms with van der Waals surface area (Å²) >= 11 is 6.07. The topological polar surface area (TPSA) is 17.1 Å². The maximum absolute atomic E-state index is 12.2. The van der Waals surface area contributed by atoms with Gasteiger partial charge in [-0.25, -0.2) is 0 Å². The number of hydrogen-bond donors (Lipinski definition) is 0. The Morgan fingerprint density at radius 1 is 0.955 bits per heavy atom. The minimum absolute atomic E-state index is 0.0709. The molecule has 0 saturated heterocycles. The highest BCUT2D eigenvalue weighted by Crippen LogP contribution is 2.44. The Kier molecular flexibility index (Phi) is 2.91. The van der Waals surface area contributed by atoms with Crippen LogP contribution in [0.2, 0.25) is 5.02 Å². The van der Waals surface area contributed by atoms with Crippen LogP contribution in [0.5, 0.6) is 0 Å². The van der Waals surface area contributed by atoms with E-state index in [1.165, 1.54) is 0 Å². The summed E-state index contributed by atoms with van der Waals surface area (Å²) in [5, 5.41) is 0.727. The van der Waals surface area contributed by atoms with Gasteiger partial charge in [-0.15, -0.1) is 0 Å². The van der Waals surface area contributed by atoms with Crippen molar-refractivity contribution in [2.45, 2.75) is 6.92 Å². The molecule has 4 rings (SSSR count). The van der Waals surface area contributed by atoms with Crippen LogP contribution < -0.4 is 0 Å². The lowest BCUT2D eigenvalue weighted by Crippen LogP contribution is -2.05. The molecule has 2 aromatic carbocycles. The van der Waals surface area contributed by atoms with Gasteiger partial charge in [0.15, 0.2) is 5.78 Å². The minimum Gasteiger partial charge on any atom is -0.289 e. The van der Waals surface area contributed by atoms with Crippen LogP contribution >= 0.6 is 11.6 Å². The first-order chi connectivity index (χ1) is 10.6. The summed E-state index contributed by atoms with van der Waals surface area (Å²) < 4.78 is 0. The average molecular weight is 305 g/mol. The number of hydrogen-bond acceptors (Lipinski definition) is 1. The van der Waals surface area contributed by atoms with Gasteiger partial charge >= 0.3 is 0 Å². The van der Waals surface area contributed by atoms with E-state index in [2.05, 4.69) is 6.07 Å². The van der Waals surface area contributed by atoms with Gasteiger partial charge in [0.1, 0.15) is 0 Å². The van der Waals surface area contributed by atoms with Crippen LogP contribution in [-0.2, 0) is 4.79 Å². The zero-order chi connectivity index (χ0) is 15.3. The normalized spacial score (nSPS) is 15.7. The van der Waals surface area contributed by atoms with E-state index in [4.69, 9.17) is 11.6 Å². The Labute approximate surface area is 134 Å². The fourth-order valence-electron chi connectivity index (χ4n) is 3.19. The van der Waals surface area contributed by atoms with Crippen molar-refractivity contribution in [1.29, 1.82) is 0 Å². The lowest BCUT2D eigenvalue weighted by molar-refractivity contribution is -0.110. The number of halogens is 1. The third-order valence-electron chi connectivity index (χ3n) is 4.21. The molecule has 2 aromatic rings. The molecule has 106 valence electrons. The summed E-state index contributed by atoms with van der Waals surface area (Å²) in [7, 11) is 0. The van der Waals surface area contributed by atoms with Crippen molar-refractivity contribution in [3.8, 4) is 0 Å². The molecule has 0 aromatic heterocycles. The van der Waals surface area contributed by atoms with Crippen LogP contribution in [0.1, 0.15) is 22.3 Å². The summed E-state index contributed by atoms with van der Waals surface area (Å²) in [6, 6.07) is 14.0. The number of ketones is 1. The van der Waals surface area contributed by atoms with Gasteiger partial charge in [-0.1, -0.05) is 41.9 Å². The lowest BCUT2D eigenvalue weighted by atomic mass is 9.85. The smallest absolute Gasteiger partial charge is 0.186 e. The quantitative estimate of drug-likeness (QED) is 0.716. The third kappa shape index (κ3) is 1.90. The van der Waals surface area contributed by atoms with Gasteiger partial charge < -0.3 is 0 Å². The molecule has 0 radical (unpaired) electrons. The van der Waals surface area contributed by atoms with Crippen LogP contribution in [0, 0.1) is 6.92 Å². The molecule has 0 atom stereocenters.